The van der Waals surface area contributed by atoms with Gasteiger partial charge in [-0.25, -0.2) is 4.68 Å². The van der Waals surface area contributed by atoms with Crippen LogP contribution in [-0.4, -0.2) is 19.7 Å². The van der Waals surface area contributed by atoms with Crippen molar-refractivity contribution >= 4 is 11.6 Å². The van der Waals surface area contributed by atoms with Crippen molar-refractivity contribution < 1.29 is 0 Å². The monoisotopic (exact) mass is 368 g/mol. The Hall–Kier alpha value is -2.20. The molecule has 0 bridgehead atoms. The van der Waals surface area contributed by atoms with Crippen molar-refractivity contribution in [1.29, 1.82) is 0 Å². The molecule has 0 amide bonds. The molecule has 5 heteroatoms. The molecule has 3 heterocycles. The van der Waals surface area contributed by atoms with E-state index >= 15 is 0 Å². The molecule has 3 aromatic heterocycles. The average Bonchev–Trinajstić information content (AvgIpc) is 3.10. The molecule has 0 spiro atoms. The number of hydrogen-bond donors (Lipinski definition) is 0. The van der Waals surface area contributed by atoms with Gasteiger partial charge in [-0.2, -0.15) is 5.10 Å². The number of nitrogens with zero attached hydrogens (tertiary/aromatic N) is 4. The largest absolute Gasteiger partial charge is 0.261 e. The summed E-state index contributed by atoms with van der Waals surface area (Å²) in [5, 5.41) is 5.15. The third kappa shape index (κ3) is 4.50. The zero-order valence-corrected chi connectivity index (χ0v) is 16.4. The van der Waals surface area contributed by atoms with Gasteiger partial charge in [0.05, 0.1) is 22.6 Å². The minimum Gasteiger partial charge on any atom is -0.261 e. The Morgan fingerprint density at radius 2 is 1.96 bits per heavy atom. The summed E-state index contributed by atoms with van der Waals surface area (Å²) in [6, 6.07) is 6.06. The fraction of sp³-hybridized carbons (Fsp3) is 0.381. The molecule has 0 aromatic carbocycles. The lowest BCUT2D eigenvalue weighted by Crippen LogP contribution is -1.97. The smallest absolute Gasteiger partial charge is 0.0919 e. The van der Waals surface area contributed by atoms with E-state index in [4.69, 9.17) is 11.6 Å². The van der Waals surface area contributed by atoms with Gasteiger partial charge in [0, 0.05) is 29.8 Å². The first-order valence-corrected chi connectivity index (χ1v) is 9.59. The molecule has 0 N–H and O–H groups in total. The highest BCUT2D eigenvalue weighted by Gasteiger charge is 2.10. The summed E-state index contributed by atoms with van der Waals surface area (Å²) in [6.45, 7) is 6.60. The van der Waals surface area contributed by atoms with Gasteiger partial charge in [0.1, 0.15) is 0 Å². The van der Waals surface area contributed by atoms with E-state index in [9.17, 15) is 0 Å². The van der Waals surface area contributed by atoms with Gasteiger partial charge < -0.3 is 0 Å². The zero-order valence-electron chi connectivity index (χ0n) is 15.6. The third-order valence-electron chi connectivity index (χ3n) is 4.34. The van der Waals surface area contributed by atoms with Crippen LogP contribution in [0.15, 0.2) is 43.0 Å². The topological polar surface area (TPSA) is 43.6 Å². The summed E-state index contributed by atoms with van der Waals surface area (Å²) in [5.41, 5.74) is 4.94. The minimum absolute atomic E-state index is 0.671. The first kappa shape index (κ1) is 18.6. The summed E-state index contributed by atoms with van der Waals surface area (Å²) in [4.78, 5) is 8.98. The van der Waals surface area contributed by atoms with Crippen molar-refractivity contribution in [3.05, 3.63) is 59.3 Å². The molecule has 0 atom stereocenters. The second-order valence-corrected chi connectivity index (χ2v) is 7.44. The molecule has 0 aliphatic heterocycles. The van der Waals surface area contributed by atoms with Gasteiger partial charge in [-0.1, -0.05) is 38.8 Å². The molecule has 3 aromatic rings. The van der Waals surface area contributed by atoms with Crippen LogP contribution >= 0.6 is 11.6 Å². The van der Waals surface area contributed by atoms with Crippen LogP contribution in [0.3, 0.4) is 0 Å². The van der Waals surface area contributed by atoms with Crippen molar-refractivity contribution in [2.45, 2.75) is 46.5 Å². The van der Waals surface area contributed by atoms with Crippen LogP contribution in [0.25, 0.3) is 16.9 Å². The Morgan fingerprint density at radius 1 is 1.12 bits per heavy atom. The Balaban J connectivity index is 1.82. The fourth-order valence-electron chi connectivity index (χ4n) is 2.87. The summed E-state index contributed by atoms with van der Waals surface area (Å²) in [5.74, 6) is 0.671. The Bertz CT molecular complexity index is 870. The number of rotatable bonds is 7. The van der Waals surface area contributed by atoms with Crippen molar-refractivity contribution in [1.82, 2.24) is 19.7 Å². The number of aryl methyl sites for hydroxylation is 2. The summed E-state index contributed by atoms with van der Waals surface area (Å²) >= 11 is 6.49. The molecular weight excluding hydrogens is 344 g/mol. The molecule has 0 aliphatic carbocycles. The predicted octanol–water partition coefficient (Wildman–Crippen LogP) is 5.52. The second-order valence-electron chi connectivity index (χ2n) is 7.04. The van der Waals surface area contributed by atoms with Crippen molar-refractivity contribution in [2.75, 3.05) is 0 Å². The van der Waals surface area contributed by atoms with E-state index in [0.717, 1.165) is 48.3 Å². The van der Waals surface area contributed by atoms with Crippen LogP contribution in [0.2, 0.25) is 5.02 Å². The van der Waals surface area contributed by atoms with E-state index in [-0.39, 0.29) is 0 Å². The van der Waals surface area contributed by atoms with Gasteiger partial charge >= 0.3 is 0 Å². The standard InChI is InChI=1S/C21H25ClN4/c1-4-5-18-11-19(8-9-23-18)26-14-17(13-25-26)21-20(22)10-16(12-24-21)7-6-15(2)3/h8-15H,4-7H2,1-3H3. The lowest BCUT2D eigenvalue weighted by Gasteiger charge is -2.07. The fourth-order valence-corrected chi connectivity index (χ4v) is 3.17. The highest BCUT2D eigenvalue weighted by molar-refractivity contribution is 6.33. The van der Waals surface area contributed by atoms with Crippen LogP contribution < -0.4 is 0 Å². The van der Waals surface area contributed by atoms with Crippen LogP contribution in [0.4, 0.5) is 0 Å². The lowest BCUT2D eigenvalue weighted by atomic mass is 10.0. The van der Waals surface area contributed by atoms with E-state index in [1.165, 1.54) is 5.56 Å². The summed E-state index contributed by atoms with van der Waals surface area (Å²) in [6.07, 6.45) is 11.7. The number of pyridine rings is 2. The zero-order chi connectivity index (χ0) is 18.5. The van der Waals surface area contributed by atoms with Crippen LogP contribution in [0, 0.1) is 5.92 Å². The maximum atomic E-state index is 6.49. The molecule has 0 aliphatic rings. The number of hydrogen-bond acceptors (Lipinski definition) is 3. The van der Waals surface area contributed by atoms with Gasteiger partial charge in [-0.3, -0.25) is 9.97 Å². The summed E-state index contributed by atoms with van der Waals surface area (Å²) < 4.78 is 1.85. The second kappa shape index (κ2) is 8.45. The Morgan fingerprint density at radius 3 is 2.69 bits per heavy atom. The first-order valence-electron chi connectivity index (χ1n) is 9.21. The SMILES string of the molecule is CCCc1cc(-n2cc(-c3ncc(CCC(C)C)cc3Cl)cn2)ccn1. The van der Waals surface area contributed by atoms with Crippen molar-refractivity contribution in [2.24, 2.45) is 5.92 Å². The van der Waals surface area contributed by atoms with Crippen LogP contribution in [0.1, 0.15) is 44.9 Å². The van der Waals surface area contributed by atoms with E-state index in [1.54, 1.807) is 0 Å². The van der Waals surface area contributed by atoms with Gasteiger partial charge in [0.15, 0.2) is 0 Å². The Labute approximate surface area is 160 Å². The minimum atomic E-state index is 0.671. The van der Waals surface area contributed by atoms with Gasteiger partial charge in [0.25, 0.3) is 0 Å². The van der Waals surface area contributed by atoms with Crippen LogP contribution in [0.5, 0.6) is 0 Å². The lowest BCUT2D eigenvalue weighted by molar-refractivity contribution is 0.586. The van der Waals surface area contributed by atoms with E-state index < -0.39 is 0 Å². The van der Waals surface area contributed by atoms with Crippen molar-refractivity contribution in [3.63, 3.8) is 0 Å². The molecule has 3 rings (SSSR count). The maximum Gasteiger partial charge on any atom is 0.0919 e. The molecule has 136 valence electrons. The first-order chi connectivity index (χ1) is 12.6. The summed E-state index contributed by atoms with van der Waals surface area (Å²) in [7, 11) is 0. The molecule has 0 saturated heterocycles. The molecule has 26 heavy (non-hydrogen) atoms. The third-order valence-corrected chi connectivity index (χ3v) is 4.62. The highest BCUT2D eigenvalue weighted by Crippen LogP contribution is 2.27. The van der Waals surface area contributed by atoms with E-state index in [2.05, 4.69) is 41.9 Å². The molecule has 4 nitrogen and oxygen atoms in total. The highest BCUT2D eigenvalue weighted by atomic mass is 35.5. The van der Waals surface area contributed by atoms with E-state index in [1.807, 2.05) is 41.6 Å². The normalized spacial score (nSPS) is 11.3. The molecule has 0 saturated carbocycles. The van der Waals surface area contributed by atoms with Gasteiger partial charge in [0.2, 0.25) is 0 Å². The molecular formula is C21H25ClN4. The van der Waals surface area contributed by atoms with Gasteiger partial charge in [-0.15, -0.1) is 0 Å². The predicted molar refractivity (Wildman–Crippen MR) is 107 cm³/mol. The quantitative estimate of drug-likeness (QED) is 0.551. The Kier molecular flexibility index (Phi) is 6.04. The number of aromatic nitrogens is 4. The molecule has 0 radical (unpaired) electrons. The molecule has 0 unspecified atom stereocenters. The van der Waals surface area contributed by atoms with E-state index in [0.29, 0.717) is 10.9 Å². The van der Waals surface area contributed by atoms with Crippen LogP contribution in [-0.2, 0) is 12.8 Å². The van der Waals surface area contributed by atoms with Gasteiger partial charge in [-0.05, 0) is 48.9 Å². The average molecular weight is 369 g/mol. The number of halogens is 1. The van der Waals surface area contributed by atoms with Crippen molar-refractivity contribution in [3.8, 4) is 16.9 Å². The molecule has 0 fully saturated rings. The maximum absolute atomic E-state index is 6.49.